The second-order valence-electron chi connectivity index (χ2n) is 3.58. The minimum atomic E-state index is 0.626. The summed E-state index contributed by atoms with van der Waals surface area (Å²) >= 11 is 3.40. The Kier molecular flexibility index (Phi) is 3.75. The van der Waals surface area contributed by atoms with E-state index in [0.29, 0.717) is 12.3 Å². The predicted molar refractivity (Wildman–Crippen MR) is 69.4 cm³/mol. The molecule has 0 radical (unpaired) electrons. The van der Waals surface area contributed by atoms with Gasteiger partial charge in [-0.25, -0.2) is 0 Å². The smallest absolute Gasteiger partial charge is 0.163 e. The van der Waals surface area contributed by atoms with Crippen LogP contribution in [0.4, 0.5) is 5.69 Å². The Bertz CT molecular complexity index is 512. The van der Waals surface area contributed by atoms with Crippen LogP contribution in [-0.2, 0) is 11.3 Å². The summed E-state index contributed by atoms with van der Waals surface area (Å²) in [7, 11) is 1.67. The maximum absolute atomic E-state index is 5.75. The van der Waals surface area contributed by atoms with E-state index in [1.807, 2.05) is 22.8 Å². The number of aromatic nitrogens is 3. The summed E-state index contributed by atoms with van der Waals surface area (Å²) in [6.45, 7) is 1.35. The van der Waals surface area contributed by atoms with Crippen molar-refractivity contribution < 1.29 is 4.74 Å². The van der Waals surface area contributed by atoms with Gasteiger partial charge < -0.3 is 15.0 Å². The van der Waals surface area contributed by atoms with Gasteiger partial charge in [0.15, 0.2) is 5.82 Å². The molecule has 0 bridgehead atoms. The second kappa shape index (κ2) is 5.29. The molecule has 0 amide bonds. The Morgan fingerprint density at radius 3 is 3.00 bits per heavy atom. The highest BCUT2D eigenvalue weighted by Gasteiger charge is 2.08. The fourth-order valence-electron chi connectivity index (χ4n) is 1.50. The summed E-state index contributed by atoms with van der Waals surface area (Å²) in [6.07, 6.45) is 1.69. The third-order valence-electron chi connectivity index (χ3n) is 2.41. The monoisotopic (exact) mass is 296 g/mol. The summed E-state index contributed by atoms with van der Waals surface area (Å²) in [6, 6.07) is 5.70. The molecule has 1 aromatic heterocycles. The molecule has 6 heteroatoms. The lowest BCUT2D eigenvalue weighted by atomic mass is 10.2. The minimum absolute atomic E-state index is 0.626. The summed E-state index contributed by atoms with van der Waals surface area (Å²) in [5.74, 6) is 0.808. The molecule has 2 rings (SSSR count). The number of hydrogen-bond acceptors (Lipinski definition) is 4. The first-order valence-corrected chi connectivity index (χ1v) is 5.94. The molecule has 0 unspecified atom stereocenters. The maximum Gasteiger partial charge on any atom is 0.163 e. The maximum atomic E-state index is 5.75. The SMILES string of the molecule is COCCn1cnnc1-c1ccc(N)c(Br)c1. The summed E-state index contributed by atoms with van der Waals surface area (Å²) in [5, 5.41) is 8.02. The van der Waals surface area contributed by atoms with Gasteiger partial charge in [-0.15, -0.1) is 10.2 Å². The molecule has 0 aliphatic heterocycles. The number of nitrogens with zero attached hydrogens (tertiary/aromatic N) is 3. The molecule has 0 aliphatic rings. The molecule has 0 fully saturated rings. The van der Waals surface area contributed by atoms with Gasteiger partial charge in [-0.2, -0.15) is 0 Å². The van der Waals surface area contributed by atoms with Crippen LogP contribution in [0.2, 0.25) is 0 Å². The molecule has 0 aliphatic carbocycles. The van der Waals surface area contributed by atoms with Crippen LogP contribution >= 0.6 is 15.9 Å². The van der Waals surface area contributed by atoms with Crippen molar-refractivity contribution in [2.45, 2.75) is 6.54 Å². The molecule has 0 saturated carbocycles. The average molecular weight is 297 g/mol. The van der Waals surface area contributed by atoms with Crippen LogP contribution in [0.1, 0.15) is 0 Å². The Morgan fingerprint density at radius 1 is 1.47 bits per heavy atom. The number of nitrogens with two attached hydrogens (primary N) is 1. The molecule has 0 atom stereocenters. The van der Waals surface area contributed by atoms with E-state index in [1.54, 1.807) is 13.4 Å². The molecule has 0 spiro atoms. The lowest BCUT2D eigenvalue weighted by molar-refractivity contribution is 0.187. The molecule has 0 saturated heterocycles. The van der Waals surface area contributed by atoms with Crippen molar-refractivity contribution in [3.63, 3.8) is 0 Å². The second-order valence-corrected chi connectivity index (χ2v) is 4.43. The summed E-state index contributed by atoms with van der Waals surface area (Å²) < 4.78 is 7.85. The number of benzene rings is 1. The van der Waals surface area contributed by atoms with Gasteiger partial charge in [-0.3, -0.25) is 0 Å². The third-order valence-corrected chi connectivity index (χ3v) is 3.10. The van der Waals surface area contributed by atoms with Gasteiger partial charge in [0.1, 0.15) is 6.33 Å². The van der Waals surface area contributed by atoms with Gasteiger partial charge in [0.05, 0.1) is 6.61 Å². The fourth-order valence-corrected chi connectivity index (χ4v) is 1.88. The predicted octanol–water partition coefficient (Wildman–Crippen LogP) is 1.94. The van der Waals surface area contributed by atoms with E-state index in [2.05, 4.69) is 26.1 Å². The zero-order valence-corrected chi connectivity index (χ0v) is 11.0. The first-order valence-electron chi connectivity index (χ1n) is 5.14. The van der Waals surface area contributed by atoms with Crippen LogP contribution < -0.4 is 5.73 Å². The Morgan fingerprint density at radius 2 is 2.29 bits per heavy atom. The zero-order valence-electron chi connectivity index (χ0n) is 9.43. The highest BCUT2D eigenvalue weighted by molar-refractivity contribution is 9.10. The van der Waals surface area contributed by atoms with E-state index in [1.165, 1.54) is 0 Å². The van der Waals surface area contributed by atoms with Gasteiger partial charge in [-0.1, -0.05) is 0 Å². The fraction of sp³-hybridized carbons (Fsp3) is 0.273. The molecule has 2 aromatic rings. The first kappa shape index (κ1) is 12.1. The highest BCUT2D eigenvalue weighted by Crippen LogP contribution is 2.25. The van der Waals surface area contributed by atoms with E-state index in [0.717, 1.165) is 22.4 Å². The molecule has 90 valence electrons. The number of nitrogen functional groups attached to an aromatic ring is 1. The number of anilines is 1. The Labute approximate surface area is 108 Å². The largest absolute Gasteiger partial charge is 0.398 e. The molecule has 5 nitrogen and oxygen atoms in total. The van der Waals surface area contributed by atoms with Crippen molar-refractivity contribution in [3.05, 3.63) is 29.0 Å². The van der Waals surface area contributed by atoms with Crippen LogP contribution in [-0.4, -0.2) is 28.5 Å². The number of rotatable bonds is 4. The number of halogens is 1. The van der Waals surface area contributed by atoms with Crippen molar-refractivity contribution in [1.82, 2.24) is 14.8 Å². The summed E-state index contributed by atoms with van der Waals surface area (Å²) in [5.41, 5.74) is 7.43. The van der Waals surface area contributed by atoms with Crippen molar-refractivity contribution in [2.75, 3.05) is 19.5 Å². The van der Waals surface area contributed by atoms with Gasteiger partial charge in [-0.05, 0) is 34.1 Å². The van der Waals surface area contributed by atoms with Crippen LogP contribution in [0.3, 0.4) is 0 Å². The molecular weight excluding hydrogens is 284 g/mol. The zero-order chi connectivity index (χ0) is 12.3. The van der Waals surface area contributed by atoms with Gasteiger partial charge >= 0.3 is 0 Å². The Hall–Kier alpha value is -1.40. The van der Waals surface area contributed by atoms with E-state index < -0.39 is 0 Å². The lowest BCUT2D eigenvalue weighted by Crippen LogP contribution is -2.05. The normalized spacial score (nSPS) is 10.7. The lowest BCUT2D eigenvalue weighted by Gasteiger charge is -2.07. The standard InChI is InChI=1S/C11H13BrN4O/c1-17-5-4-16-7-14-15-11(16)8-2-3-10(13)9(12)6-8/h2-3,6-7H,4-5,13H2,1H3. The van der Waals surface area contributed by atoms with Crippen LogP contribution in [0.15, 0.2) is 29.0 Å². The molecule has 1 heterocycles. The first-order chi connectivity index (χ1) is 8.22. The van der Waals surface area contributed by atoms with Crippen LogP contribution in [0.5, 0.6) is 0 Å². The topological polar surface area (TPSA) is 66.0 Å². The minimum Gasteiger partial charge on any atom is -0.398 e. The molecular formula is C11H13BrN4O. The quantitative estimate of drug-likeness (QED) is 0.876. The Balaban J connectivity index is 2.32. The van der Waals surface area contributed by atoms with E-state index in [9.17, 15) is 0 Å². The van der Waals surface area contributed by atoms with Crippen LogP contribution in [0, 0.1) is 0 Å². The van der Waals surface area contributed by atoms with Gasteiger partial charge in [0.25, 0.3) is 0 Å². The van der Waals surface area contributed by atoms with Gasteiger partial charge in [0, 0.05) is 29.4 Å². The van der Waals surface area contributed by atoms with Crippen molar-refractivity contribution in [1.29, 1.82) is 0 Å². The van der Waals surface area contributed by atoms with Crippen molar-refractivity contribution in [2.24, 2.45) is 0 Å². The molecule has 1 aromatic carbocycles. The van der Waals surface area contributed by atoms with Crippen molar-refractivity contribution >= 4 is 21.6 Å². The van der Waals surface area contributed by atoms with E-state index in [-0.39, 0.29) is 0 Å². The number of methoxy groups -OCH3 is 1. The van der Waals surface area contributed by atoms with Crippen LogP contribution in [0.25, 0.3) is 11.4 Å². The summed E-state index contributed by atoms with van der Waals surface area (Å²) in [4.78, 5) is 0. The van der Waals surface area contributed by atoms with Gasteiger partial charge in [0.2, 0.25) is 0 Å². The number of ether oxygens (including phenoxy) is 1. The number of hydrogen-bond donors (Lipinski definition) is 1. The third kappa shape index (κ3) is 2.65. The average Bonchev–Trinajstić information content (AvgIpc) is 2.78. The van der Waals surface area contributed by atoms with Crippen molar-refractivity contribution in [3.8, 4) is 11.4 Å². The highest BCUT2D eigenvalue weighted by atomic mass is 79.9. The van der Waals surface area contributed by atoms with E-state index >= 15 is 0 Å². The molecule has 17 heavy (non-hydrogen) atoms. The van der Waals surface area contributed by atoms with E-state index in [4.69, 9.17) is 10.5 Å². The molecule has 2 N–H and O–H groups in total.